The summed E-state index contributed by atoms with van der Waals surface area (Å²) in [7, 11) is 0. The summed E-state index contributed by atoms with van der Waals surface area (Å²) in [6, 6.07) is 19.2. The summed E-state index contributed by atoms with van der Waals surface area (Å²) >= 11 is 0. The Kier molecular flexibility index (Phi) is 8.30. The summed E-state index contributed by atoms with van der Waals surface area (Å²) in [5, 5.41) is 3.13. The van der Waals surface area contributed by atoms with E-state index in [0.29, 0.717) is 26.0 Å². The molecule has 0 spiro atoms. The number of amides is 2. The van der Waals surface area contributed by atoms with Gasteiger partial charge in [0.15, 0.2) is 0 Å². The van der Waals surface area contributed by atoms with Gasteiger partial charge in [-0.05, 0) is 43.9 Å². The Morgan fingerprint density at radius 2 is 1.67 bits per heavy atom. The number of rotatable bonds is 10. The number of hydrogen-bond donors (Lipinski definition) is 1. The van der Waals surface area contributed by atoms with Crippen LogP contribution < -0.4 is 10.1 Å². The van der Waals surface area contributed by atoms with Gasteiger partial charge in [-0.25, -0.2) is 0 Å². The Labute approximate surface area is 179 Å². The Morgan fingerprint density at radius 3 is 2.33 bits per heavy atom. The fourth-order valence-electron chi connectivity index (χ4n) is 3.83. The van der Waals surface area contributed by atoms with E-state index in [9.17, 15) is 9.59 Å². The van der Waals surface area contributed by atoms with Crippen molar-refractivity contribution in [2.75, 3.05) is 6.61 Å². The van der Waals surface area contributed by atoms with Crippen LogP contribution in [-0.2, 0) is 16.1 Å². The number of hydrogen-bond acceptors (Lipinski definition) is 3. The van der Waals surface area contributed by atoms with Crippen LogP contribution in [0.5, 0.6) is 5.75 Å². The minimum atomic E-state index is -0.506. The van der Waals surface area contributed by atoms with Crippen molar-refractivity contribution in [2.24, 2.45) is 0 Å². The number of para-hydroxylation sites is 1. The Balaban J connectivity index is 1.57. The highest BCUT2D eigenvalue weighted by Gasteiger charge is 2.28. The van der Waals surface area contributed by atoms with Crippen LogP contribution in [0.15, 0.2) is 60.7 Å². The number of ether oxygens (including phenoxy) is 1. The Bertz CT molecular complexity index is 789. The lowest BCUT2D eigenvalue weighted by Gasteiger charge is -2.30. The highest BCUT2D eigenvalue weighted by atomic mass is 16.5. The fourth-order valence-corrected chi connectivity index (χ4v) is 3.83. The van der Waals surface area contributed by atoms with Crippen LogP contribution in [-0.4, -0.2) is 35.4 Å². The van der Waals surface area contributed by atoms with Crippen molar-refractivity contribution in [1.82, 2.24) is 10.2 Å². The van der Waals surface area contributed by atoms with Crippen LogP contribution in [0, 0.1) is 0 Å². The number of carbonyl (C=O) groups is 2. The molecule has 0 aliphatic heterocycles. The number of nitrogens with zero attached hydrogens (tertiary/aromatic N) is 1. The van der Waals surface area contributed by atoms with E-state index in [-0.39, 0.29) is 17.9 Å². The summed E-state index contributed by atoms with van der Waals surface area (Å²) in [4.78, 5) is 27.5. The zero-order valence-electron chi connectivity index (χ0n) is 17.8. The van der Waals surface area contributed by atoms with Gasteiger partial charge in [0.1, 0.15) is 11.8 Å². The normalized spacial score (nSPS) is 14.8. The molecule has 2 aromatic rings. The van der Waals surface area contributed by atoms with E-state index in [0.717, 1.165) is 37.0 Å². The second-order valence-corrected chi connectivity index (χ2v) is 7.94. The third-order valence-electron chi connectivity index (χ3n) is 5.61. The molecule has 1 fully saturated rings. The van der Waals surface area contributed by atoms with Crippen molar-refractivity contribution >= 4 is 11.8 Å². The minimum Gasteiger partial charge on any atom is -0.494 e. The zero-order valence-corrected chi connectivity index (χ0v) is 17.8. The number of benzene rings is 2. The second-order valence-electron chi connectivity index (χ2n) is 7.94. The zero-order chi connectivity index (χ0) is 21.2. The van der Waals surface area contributed by atoms with Gasteiger partial charge >= 0.3 is 0 Å². The molecule has 1 unspecified atom stereocenters. The van der Waals surface area contributed by atoms with E-state index in [2.05, 4.69) is 5.32 Å². The van der Waals surface area contributed by atoms with E-state index in [1.165, 1.54) is 0 Å². The molecule has 30 heavy (non-hydrogen) atoms. The molecule has 0 heterocycles. The molecule has 2 amide bonds. The van der Waals surface area contributed by atoms with Crippen molar-refractivity contribution in [1.29, 1.82) is 0 Å². The molecule has 1 saturated carbocycles. The monoisotopic (exact) mass is 408 g/mol. The SMILES string of the molecule is CC(C(=O)NC1CCCC1)N(Cc1ccccc1)C(=O)CCCOc1ccccc1. The predicted molar refractivity (Wildman–Crippen MR) is 118 cm³/mol. The van der Waals surface area contributed by atoms with Gasteiger partial charge in [-0.1, -0.05) is 61.4 Å². The summed E-state index contributed by atoms with van der Waals surface area (Å²) in [5.41, 5.74) is 1.02. The van der Waals surface area contributed by atoms with Crippen LogP contribution >= 0.6 is 0 Å². The third kappa shape index (κ3) is 6.61. The van der Waals surface area contributed by atoms with Crippen LogP contribution in [0.25, 0.3) is 0 Å². The first-order chi connectivity index (χ1) is 14.6. The van der Waals surface area contributed by atoms with Crippen molar-refractivity contribution in [3.05, 3.63) is 66.2 Å². The lowest BCUT2D eigenvalue weighted by molar-refractivity contribution is -0.141. The van der Waals surface area contributed by atoms with Crippen molar-refractivity contribution in [2.45, 2.75) is 64.1 Å². The highest BCUT2D eigenvalue weighted by Crippen LogP contribution is 2.19. The van der Waals surface area contributed by atoms with Crippen LogP contribution in [0.1, 0.15) is 51.0 Å². The van der Waals surface area contributed by atoms with Gasteiger partial charge in [-0.15, -0.1) is 0 Å². The molecule has 5 heteroatoms. The van der Waals surface area contributed by atoms with Crippen molar-refractivity contribution in [3.8, 4) is 5.75 Å². The van der Waals surface area contributed by atoms with E-state index in [1.54, 1.807) is 4.90 Å². The molecule has 0 saturated heterocycles. The maximum atomic E-state index is 13.0. The van der Waals surface area contributed by atoms with Crippen LogP contribution in [0.4, 0.5) is 0 Å². The number of nitrogens with one attached hydrogen (secondary N) is 1. The molecule has 0 radical (unpaired) electrons. The van der Waals surface area contributed by atoms with Gasteiger partial charge in [0.25, 0.3) is 0 Å². The molecule has 2 aromatic carbocycles. The quantitative estimate of drug-likeness (QED) is 0.596. The average Bonchev–Trinajstić information content (AvgIpc) is 3.29. The smallest absolute Gasteiger partial charge is 0.242 e. The first kappa shape index (κ1) is 21.9. The lowest BCUT2D eigenvalue weighted by Crippen LogP contribution is -2.49. The topological polar surface area (TPSA) is 58.6 Å². The molecule has 5 nitrogen and oxygen atoms in total. The van der Waals surface area contributed by atoms with Gasteiger partial charge in [0, 0.05) is 19.0 Å². The maximum absolute atomic E-state index is 13.0. The van der Waals surface area contributed by atoms with Gasteiger partial charge in [0.05, 0.1) is 6.61 Å². The second kappa shape index (κ2) is 11.4. The minimum absolute atomic E-state index is 0.0235. The molecule has 3 rings (SSSR count). The standard InChI is InChI=1S/C25H32N2O3/c1-20(25(29)26-22-13-8-9-14-22)27(19-21-11-4-2-5-12-21)24(28)17-10-18-30-23-15-6-3-7-16-23/h2-7,11-12,15-16,20,22H,8-10,13-14,17-19H2,1H3,(H,26,29). The molecule has 1 aliphatic carbocycles. The maximum Gasteiger partial charge on any atom is 0.242 e. The average molecular weight is 409 g/mol. The first-order valence-corrected chi connectivity index (χ1v) is 10.9. The molecular weight excluding hydrogens is 376 g/mol. The Hall–Kier alpha value is -2.82. The lowest BCUT2D eigenvalue weighted by atomic mass is 10.1. The summed E-state index contributed by atoms with van der Waals surface area (Å²) < 4.78 is 5.70. The van der Waals surface area contributed by atoms with E-state index in [1.807, 2.05) is 67.6 Å². The van der Waals surface area contributed by atoms with Crippen LogP contribution in [0.2, 0.25) is 0 Å². The molecular formula is C25H32N2O3. The molecule has 160 valence electrons. The van der Waals surface area contributed by atoms with Gasteiger partial charge in [0.2, 0.25) is 11.8 Å². The number of carbonyl (C=O) groups excluding carboxylic acids is 2. The third-order valence-corrected chi connectivity index (χ3v) is 5.61. The van der Waals surface area contributed by atoms with E-state index < -0.39 is 6.04 Å². The van der Waals surface area contributed by atoms with E-state index in [4.69, 9.17) is 4.74 Å². The van der Waals surface area contributed by atoms with Gasteiger partial charge in [-0.2, -0.15) is 0 Å². The first-order valence-electron chi connectivity index (χ1n) is 10.9. The van der Waals surface area contributed by atoms with E-state index >= 15 is 0 Å². The van der Waals surface area contributed by atoms with Gasteiger partial charge < -0.3 is 15.0 Å². The highest BCUT2D eigenvalue weighted by molar-refractivity contribution is 5.87. The predicted octanol–water partition coefficient (Wildman–Crippen LogP) is 4.32. The summed E-state index contributed by atoms with van der Waals surface area (Å²) in [6.45, 7) is 2.72. The van der Waals surface area contributed by atoms with Crippen molar-refractivity contribution < 1.29 is 14.3 Å². The molecule has 1 aliphatic rings. The van der Waals surface area contributed by atoms with Gasteiger partial charge in [-0.3, -0.25) is 9.59 Å². The fraction of sp³-hybridized carbons (Fsp3) is 0.440. The summed E-state index contributed by atoms with van der Waals surface area (Å²) in [6.07, 6.45) is 5.33. The molecule has 0 aromatic heterocycles. The Morgan fingerprint density at radius 1 is 1.03 bits per heavy atom. The molecule has 0 bridgehead atoms. The van der Waals surface area contributed by atoms with Crippen LogP contribution in [0.3, 0.4) is 0 Å². The van der Waals surface area contributed by atoms with Crippen molar-refractivity contribution in [3.63, 3.8) is 0 Å². The molecule has 1 N–H and O–H groups in total. The largest absolute Gasteiger partial charge is 0.494 e. The summed E-state index contributed by atoms with van der Waals surface area (Å²) in [5.74, 6) is 0.715. The molecule has 1 atom stereocenters.